The molecule has 3 rings (SSSR count). The minimum atomic E-state index is -3.60. The van der Waals surface area contributed by atoms with Crippen molar-refractivity contribution in [1.82, 2.24) is 9.21 Å². The molecule has 158 valence electrons. The summed E-state index contributed by atoms with van der Waals surface area (Å²) >= 11 is 3.37. The molecule has 0 radical (unpaired) electrons. The van der Waals surface area contributed by atoms with Gasteiger partial charge < -0.3 is 9.47 Å². The average Bonchev–Trinajstić information content (AvgIpc) is 2.74. The van der Waals surface area contributed by atoms with Gasteiger partial charge >= 0.3 is 0 Å². The molecule has 2 aromatic rings. The Labute approximate surface area is 181 Å². The smallest absolute Gasteiger partial charge is 0.243 e. The highest BCUT2D eigenvalue weighted by atomic mass is 79.9. The second-order valence-electron chi connectivity index (χ2n) is 6.95. The van der Waals surface area contributed by atoms with E-state index in [0.29, 0.717) is 18.0 Å². The van der Waals surface area contributed by atoms with Crippen LogP contribution in [0.5, 0.6) is 5.75 Å². The predicted octanol–water partition coefficient (Wildman–Crippen LogP) is 3.37. The fourth-order valence-electron chi connectivity index (χ4n) is 3.27. The molecular formula is C21H27BrN2O4S. The molecule has 8 heteroatoms. The van der Waals surface area contributed by atoms with Crippen molar-refractivity contribution in [1.29, 1.82) is 0 Å². The molecule has 0 unspecified atom stereocenters. The monoisotopic (exact) mass is 482 g/mol. The summed E-state index contributed by atoms with van der Waals surface area (Å²) in [5.74, 6) is 0.753. The van der Waals surface area contributed by atoms with Crippen LogP contribution >= 0.6 is 15.9 Å². The van der Waals surface area contributed by atoms with Crippen LogP contribution in [0.25, 0.3) is 0 Å². The number of hydrogen-bond acceptors (Lipinski definition) is 5. The first kappa shape index (κ1) is 22.2. The summed E-state index contributed by atoms with van der Waals surface area (Å²) in [6.07, 6.45) is 0.770. The minimum Gasteiger partial charge on any atom is -0.497 e. The van der Waals surface area contributed by atoms with Gasteiger partial charge in [0.25, 0.3) is 0 Å². The Bertz CT molecular complexity index is 867. The molecule has 0 aliphatic carbocycles. The second kappa shape index (κ2) is 10.5. The molecule has 2 aromatic carbocycles. The zero-order valence-electron chi connectivity index (χ0n) is 16.6. The lowest BCUT2D eigenvalue weighted by atomic mass is 10.2. The van der Waals surface area contributed by atoms with Gasteiger partial charge in [0.05, 0.1) is 25.2 Å². The van der Waals surface area contributed by atoms with Crippen molar-refractivity contribution < 1.29 is 17.9 Å². The molecule has 0 aromatic heterocycles. The highest BCUT2D eigenvalue weighted by Crippen LogP contribution is 2.22. The number of benzene rings is 2. The van der Waals surface area contributed by atoms with E-state index in [0.717, 1.165) is 55.1 Å². The number of methoxy groups -OCH3 is 1. The van der Waals surface area contributed by atoms with Crippen molar-refractivity contribution in [2.75, 3.05) is 46.5 Å². The fraction of sp³-hybridized carbons (Fsp3) is 0.429. The molecule has 0 bridgehead atoms. The second-order valence-corrected chi connectivity index (χ2v) is 9.80. The third-order valence-electron chi connectivity index (χ3n) is 4.95. The molecule has 0 spiro atoms. The first-order chi connectivity index (χ1) is 14.0. The zero-order valence-corrected chi connectivity index (χ0v) is 19.0. The van der Waals surface area contributed by atoms with E-state index in [9.17, 15) is 8.42 Å². The van der Waals surface area contributed by atoms with Crippen LogP contribution in [0.15, 0.2) is 57.9 Å². The summed E-state index contributed by atoms with van der Waals surface area (Å²) in [5, 5.41) is 0. The average molecular weight is 483 g/mol. The van der Waals surface area contributed by atoms with Gasteiger partial charge in [-0.25, -0.2) is 8.42 Å². The number of halogens is 1. The van der Waals surface area contributed by atoms with E-state index < -0.39 is 10.0 Å². The number of hydrogen-bond donors (Lipinski definition) is 0. The van der Waals surface area contributed by atoms with Crippen LogP contribution in [0.2, 0.25) is 0 Å². The molecule has 1 heterocycles. The molecule has 1 saturated heterocycles. The molecule has 0 amide bonds. The molecule has 1 aliphatic heterocycles. The molecule has 1 aliphatic rings. The fourth-order valence-corrected chi connectivity index (χ4v) is 5.00. The molecule has 6 nitrogen and oxygen atoms in total. The quantitative estimate of drug-likeness (QED) is 0.548. The molecule has 1 fully saturated rings. The van der Waals surface area contributed by atoms with E-state index >= 15 is 0 Å². The summed E-state index contributed by atoms with van der Waals surface area (Å²) in [6.45, 7) is 4.93. The lowest BCUT2D eigenvalue weighted by molar-refractivity contribution is 0.0368. The Morgan fingerprint density at radius 3 is 2.34 bits per heavy atom. The lowest BCUT2D eigenvalue weighted by Gasteiger charge is -2.28. The van der Waals surface area contributed by atoms with Gasteiger partial charge in [-0.2, -0.15) is 4.31 Å². The van der Waals surface area contributed by atoms with Gasteiger partial charge in [-0.3, -0.25) is 4.90 Å². The number of rotatable bonds is 9. The van der Waals surface area contributed by atoms with E-state index in [1.165, 1.54) is 0 Å². The molecular weight excluding hydrogens is 456 g/mol. The number of sulfonamides is 1. The summed E-state index contributed by atoms with van der Waals surface area (Å²) in [6, 6.07) is 14.3. The van der Waals surface area contributed by atoms with Gasteiger partial charge in [-0.15, -0.1) is 0 Å². The summed E-state index contributed by atoms with van der Waals surface area (Å²) in [7, 11) is -1.98. The third kappa shape index (κ3) is 6.26. The predicted molar refractivity (Wildman–Crippen MR) is 117 cm³/mol. The van der Waals surface area contributed by atoms with Crippen molar-refractivity contribution in [3.8, 4) is 5.75 Å². The van der Waals surface area contributed by atoms with Crippen LogP contribution in [-0.2, 0) is 21.3 Å². The summed E-state index contributed by atoms with van der Waals surface area (Å²) in [4.78, 5) is 2.63. The molecule has 29 heavy (non-hydrogen) atoms. The topological polar surface area (TPSA) is 59.1 Å². The number of morpholine rings is 1. The van der Waals surface area contributed by atoms with Crippen LogP contribution in [0, 0.1) is 0 Å². The first-order valence-corrected chi connectivity index (χ1v) is 11.9. The maximum absolute atomic E-state index is 13.3. The maximum Gasteiger partial charge on any atom is 0.243 e. The maximum atomic E-state index is 13.3. The van der Waals surface area contributed by atoms with Crippen molar-refractivity contribution in [3.05, 3.63) is 58.6 Å². The largest absolute Gasteiger partial charge is 0.497 e. The SMILES string of the molecule is COc1ccc(CN(CCCN2CCOCC2)S(=O)(=O)c2ccc(Br)cc2)cc1. The normalized spacial score (nSPS) is 15.6. The van der Waals surface area contributed by atoms with Crippen LogP contribution in [0.1, 0.15) is 12.0 Å². The molecule has 0 N–H and O–H groups in total. The standard InChI is InChI=1S/C21H27BrN2O4S/c1-27-20-7-3-18(4-8-20)17-24(12-2-11-23-13-15-28-16-14-23)29(25,26)21-9-5-19(22)6-10-21/h3-10H,2,11-17H2,1H3. The minimum absolute atomic E-state index is 0.306. The van der Waals surface area contributed by atoms with E-state index in [1.807, 2.05) is 24.3 Å². The highest BCUT2D eigenvalue weighted by molar-refractivity contribution is 9.10. The van der Waals surface area contributed by atoms with Crippen LogP contribution < -0.4 is 4.74 Å². The van der Waals surface area contributed by atoms with E-state index in [1.54, 1.807) is 35.7 Å². The zero-order chi connectivity index (χ0) is 20.7. The van der Waals surface area contributed by atoms with Gasteiger partial charge in [0, 0.05) is 30.7 Å². The van der Waals surface area contributed by atoms with E-state index in [4.69, 9.17) is 9.47 Å². The van der Waals surface area contributed by atoms with Gasteiger partial charge in [0.2, 0.25) is 10.0 Å². The number of ether oxygens (including phenoxy) is 2. The molecule has 0 saturated carbocycles. The molecule has 0 atom stereocenters. The van der Waals surface area contributed by atoms with E-state index in [-0.39, 0.29) is 0 Å². The Balaban J connectivity index is 1.74. The highest BCUT2D eigenvalue weighted by Gasteiger charge is 2.25. The van der Waals surface area contributed by atoms with Crippen molar-refractivity contribution >= 4 is 26.0 Å². The third-order valence-corrected chi connectivity index (χ3v) is 7.34. The van der Waals surface area contributed by atoms with Crippen LogP contribution in [0.3, 0.4) is 0 Å². The van der Waals surface area contributed by atoms with Gasteiger partial charge in [0.1, 0.15) is 5.75 Å². The van der Waals surface area contributed by atoms with Gasteiger partial charge in [-0.1, -0.05) is 28.1 Å². The summed E-state index contributed by atoms with van der Waals surface area (Å²) < 4.78 is 39.6. The van der Waals surface area contributed by atoms with Crippen molar-refractivity contribution in [2.24, 2.45) is 0 Å². The lowest BCUT2D eigenvalue weighted by Crippen LogP contribution is -2.39. The first-order valence-electron chi connectivity index (χ1n) is 9.68. The Kier molecular flexibility index (Phi) is 8.08. The Hall–Kier alpha value is -1.45. The number of nitrogens with zero attached hydrogens (tertiary/aromatic N) is 2. The summed E-state index contributed by atoms with van der Waals surface area (Å²) in [5.41, 5.74) is 0.929. The Morgan fingerprint density at radius 2 is 1.72 bits per heavy atom. The van der Waals surface area contributed by atoms with E-state index in [2.05, 4.69) is 20.8 Å². The van der Waals surface area contributed by atoms with Crippen molar-refractivity contribution in [2.45, 2.75) is 17.9 Å². The van der Waals surface area contributed by atoms with Gasteiger partial charge in [0.15, 0.2) is 0 Å². The van der Waals surface area contributed by atoms with Crippen LogP contribution in [0.4, 0.5) is 0 Å². The van der Waals surface area contributed by atoms with Crippen molar-refractivity contribution in [3.63, 3.8) is 0 Å². The van der Waals surface area contributed by atoms with Gasteiger partial charge in [-0.05, 0) is 54.9 Å². The van der Waals surface area contributed by atoms with Crippen LogP contribution in [-0.4, -0.2) is 64.1 Å². The Morgan fingerprint density at radius 1 is 1.07 bits per heavy atom.